The van der Waals surface area contributed by atoms with E-state index in [-0.39, 0.29) is 23.5 Å². The molecule has 0 saturated carbocycles. The van der Waals surface area contributed by atoms with Crippen LogP contribution in [0.1, 0.15) is 22.8 Å². The molecule has 0 aliphatic heterocycles. The third-order valence-corrected chi connectivity index (χ3v) is 7.22. The van der Waals surface area contributed by atoms with E-state index in [1.807, 2.05) is 38.1 Å². The van der Waals surface area contributed by atoms with Gasteiger partial charge in [-0.3, -0.25) is 18.4 Å². The quantitative estimate of drug-likeness (QED) is 0.265. The Hall–Kier alpha value is -5.49. The first-order valence-corrected chi connectivity index (χ1v) is 14.1. The normalized spacial score (nSPS) is 11.1. The van der Waals surface area contributed by atoms with E-state index < -0.39 is 5.82 Å². The Labute approximate surface area is 254 Å². The highest BCUT2D eigenvalue weighted by molar-refractivity contribution is 6.16. The van der Waals surface area contributed by atoms with E-state index in [0.29, 0.717) is 50.8 Å². The number of nitrogens with zero attached hydrogens (tertiary/aromatic N) is 7. The van der Waals surface area contributed by atoms with Gasteiger partial charge in [0, 0.05) is 17.5 Å². The van der Waals surface area contributed by atoms with Gasteiger partial charge in [0.2, 0.25) is 0 Å². The average molecular weight is 610 g/mol. The molecule has 0 saturated heterocycles. The van der Waals surface area contributed by atoms with Crippen molar-refractivity contribution < 1.29 is 4.39 Å². The lowest BCUT2D eigenvalue weighted by Gasteiger charge is -2.14. The molecule has 0 amide bonds. The number of aromatic amines is 1. The lowest BCUT2D eigenvalue weighted by Crippen LogP contribution is -2.23. The fourth-order valence-corrected chi connectivity index (χ4v) is 5.08. The van der Waals surface area contributed by atoms with E-state index in [4.69, 9.17) is 16.6 Å². The summed E-state index contributed by atoms with van der Waals surface area (Å²) in [5.74, 6) is 0.354. The molecular formula is C31H25ClFN9O2. The number of rotatable bonds is 5. The number of pyridine rings is 2. The SMILES string of the molecule is Cc1cccc2nc(CCl)cc(=O)n12.Cc1cccc2nc(CNc3ncnc4[nH]cnc34)c(-c3cccc(F)c3)c(=O)n12. The molecule has 1 aromatic carbocycles. The number of halogens is 2. The standard InChI is InChI=1S/C21H16FN7O.C10H9ClN2O/c1-12-4-2-7-16-28-15(9-23-19-18-20(25-10-24-18)27-11-26-19)17(21(30)29(12)16)13-5-3-6-14(22)8-13;1-7-3-2-4-9-12-8(6-11)5-10(14)13(7)9/h2-8,10-11H,9H2,1H3,(H2,23,24,25,26,27);2-5H,6H2,1H3. The molecule has 0 bridgehead atoms. The van der Waals surface area contributed by atoms with Crippen LogP contribution in [0.25, 0.3) is 33.6 Å². The highest BCUT2D eigenvalue weighted by Crippen LogP contribution is 2.23. The van der Waals surface area contributed by atoms with E-state index in [9.17, 15) is 14.0 Å². The number of fused-ring (bicyclic) bond motifs is 3. The number of hydrogen-bond acceptors (Lipinski definition) is 8. The van der Waals surface area contributed by atoms with E-state index >= 15 is 0 Å². The topological polar surface area (TPSA) is 135 Å². The number of aryl methyl sites for hydroxylation is 2. The maximum atomic E-state index is 13.9. The Morgan fingerprint density at radius 3 is 2.36 bits per heavy atom. The van der Waals surface area contributed by atoms with Crippen molar-refractivity contribution in [1.82, 2.24) is 38.7 Å². The Morgan fingerprint density at radius 1 is 0.886 bits per heavy atom. The largest absolute Gasteiger partial charge is 0.362 e. The van der Waals surface area contributed by atoms with Gasteiger partial charge in [0.1, 0.15) is 29.0 Å². The number of alkyl halides is 1. The molecular weight excluding hydrogens is 585 g/mol. The zero-order valence-corrected chi connectivity index (χ0v) is 24.4. The van der Waals surface area contributed by atoms with Crippen LogP contribution < -0.4 is 16.4 Å². The molecule has 44 heavy (non-hydrogen) atoms. The van der Waals surface area contributed by atoms with Crippen molar-refractivity contribution in [3.05, 3.63) is 129 Å². The van der Waals surface area contributed by atoms with E-state index in [1.54, 1.807) is 28.7 Å². The van der Waals surface area contributed by atoms with Crippen LogP contribution in [-0.2, 0) is 12.4 Å². The van der Waals surface area contributed by atoms with Gasteiger partial charge in [-0.05, 0) is 55.8 Å². The molecule has 11 nitrogen and oxygen atoms in total. The van der Waals surface area contributed by atoms with Crippen LogP contribution in [0.3, 0.4) is 0 Å². The van der Waals surface area contributed by atoms with Crippen molar-refractivity contribution >= 4 is 39.9 Å². The Kier molecular flexibility index (Phi) is 7.82. The van der Waals surface area contributed by atoms with Crippen molar-refractivity contribution in [2.45, 2.75) is 26.3 Å². The molecule has 6 heterocycles. The summed E-state index contributed by atoms with van der Waals surface area (Å²) >= 11 is 5.63. The minimum absolute atomic E-state index is 0.0799. The molecule has 7 rings (SSSR count). The van der Waals surface area contributed by atoms with Gasteiger partial charge in [0.05, 0.1) is 35.7 Å². The van der Waals surface area contributed by atoms with Crippen LogP contribution in [0.15, 0.2) is 89.0 Å². The second-order valence-electron chi connectivity index (χ2n) is 9.87. The number of nitrogens with one attached hydrogen (secondary N) is 2. The molecule has 0 aliphatic carbocycles. The van der Waals surface area contributed by atoms with Crippen molar-refractivity contribution in [2.24, 2.45) is 0 Å². The Morgan fingerprint density at radius 2 is 1.61 bits per heavy atom. The first kappa shape index (κ1) is 28.6. The first-order chi connectivity index (χ1) is 21.3. The van der Waals surface area contributed by atoms with Crippen molar-refractivity contribution in [3.63, 3.8) is 0 Å². The highest BCUT2D eigenvalue weighted by atomic mass is 35.5. The molecule has 6 aromatic heterocycles. The maximum Gasteiger partial charge on any atom is 0.266 e. The lowest BCUT2D eigenvalue weighted by molar-refractivity contribution is 0.628. The van der Waals surface area contributed by atoms with Gasteiger partial charge >= 0.3 is 0 Å². The molecule has 0 aliphatic rings. The summed E-state index contributed by atoms with van der Waals surface area (Å²) in [5, 5.41) is 3.18. The monoisotopic (exact) mass is 609 g/mol. The molecule has 0 fully saturated rings. The summed E-state index contributed by atoms with van der Waals surface area (Å²) in [6.45, 7) is 3.90. The average Bonchev–Trinajstić information content (AvgIpc) is 3.50. The fourth-order valence-electron chi connectivity index (χ4n) is 4.94. The number of anilines is 1. The van der Waals surface area contributed by atoms with Crippen LogP contribution in [0.5, 0.6) is 0 Å². The van der Waals surface area contributed by atoms with Gasteiger partial charge in [-0.1, -0.05) is 24.3 Å². The predicted molar refractivity (Wildman–Crippen MR) is 166 cm³/mol. The maximum absolute atomic E-state index is 13.9. The van der Waals surface area contributed by atoms with Gasteiger partial charge < -0.3 is 10.3 Å². The van der Waals surface area contributed by atoms with Crippen molar-refractivity contribution in [2.75, 3.05) is 5.32 Å². The summed E-state index contributed by atoms with van der Waals surface area (Å²) in [4.78, 5) is 49.5. The summed E-state index contributed by atoms with van der Waals surface area (Å²) in [7, 11) is 0. The van der Waals surface area contributed by atoms with E-state index in [2.05, 4.69) is 30.2 Å². The van der Waals surface area contributed by atoms with Crippen molar-refractivity contribution in [3.8, 4) is 11.1 Å². The predicted octanol–water partition coefficient (Wildman–Crippen LogP) is 4.83. The first-order valence-electron chi connectivity index (χ1n) is 13.5. The number of aromatic nitrogens is 8. The second kappa shape index (κ2) is 12.0. The number of benzene rings is 1. The van der Waals surface area contributed by atoms with Crippen LogP contribution in [0, 0.1) is 19.7 Å². The molecule has 0 unspecified atom stereocenters. The molecule has 2 N–H and O–H groups in total. The molecule has 13 heteroatoms. The van der Waals surface area contributed by atoms with Crippen LogP contribution in [0.4, 0.5) is 10.2 Å². The number of H-pyrrole nitrogens is 1. The number of imidazole rings is 1. The van der Waals surface area contributed by atoms with Gasteiger partial charge in [-0.25, -0.2) is 29.3 Å². The minimum atomic E-state index is -0.422. The van der Waals surface area contributed by atoms with E-state index in [0.717, 1.165) is 11.4 Å². The summed E-state index contributed by atoms with van der Waals surface area (Å²) < 4.78 is 17.0. The van der Waals surface area contributed by atoms with Gasteiger partial charge in [0.15, 0.2) is 11.5 Å². The zero-order chi connectivity index (χ0) is 30.8. The summed E-state index contributed by atoms with van der Waals surface area (Å²) in [6.07, 6.45) is 2.95. The van der Waals surface area contributed by atoms with E-state index in [1.165, 1.54) is 35.3 Å². The van der Waals surface area contributed by atoms with Crippen LogP contribution in [0.2, 0.25) is 0 Å². The molecule has 7 aromatic rings. The molecule has 220 valence electrons. The smallest absolute Gasteiger partial charge is 0.266 e. The molecule has 0 spiro atoms. The van der Waals surface area contributed by atoms with Gasteiger partial charge in [-0.15, -0.1) is 11.6 Å². The Bertz CT molecular complexity index is 2280. The fraction of sp³-hybridized carbons (Fsp3) is 0.129. The number of hydrogen-bond donors (Lipinski definition) is 2. The second-order valence-corrected chi connectivity index (χ2v) is 10.1. The third-order valence-electron chi connectivity index (χ3n) is 6.94. The third kappa shape index (κ3) is 5.50. The van der Waals surface area contributed by atoms with Crippen molar-refractivity contribution in [1.29, 1.82) is 0 Å². The Balaban J connectivity index is 0.000000205. The summed E-state index contributed by atoms with van der Waals surface area (Å²) in [6, 6.07) is 18.4. The lowest BCUT2D eigenvalue weighted by atomic mass is 10.0. The van der Waals surface area contributed by atoms with Crippen LogP contribution >= 0.6 is 11.6 Å². The van der Waals surface area contributed by atoms with Gasteiger partial charge in [0.25, 0.3) is 11.1 Å². The summed E-state index contributed by atoms with van der Waals surface area (Å²) in [5.41, 5.74) is 5.53. The zero-order valence-electron chi connectivity index (χ0n) is 23.6. The molecule has 0 atom stereocenters. The van der Waals surface area contributed by atoms with Crippen LogP contribution in [-0.4, -0.2) is 38.7 Å². The highest BCUT2D eigenvalue weighted by Gasteiger charge is 2.17. The van der Waals surface area contributed by atoms with Gasteiger partial charge in [-0.2, -0.15) is 0 Å². The molecule has 0 radical (unpaired) electrons. The minimum Gasteiger partial charge on any atom is -0.362 e.